The van der Waals surface area contributed by atoms with Crippen LogP contribution in [-0.4, -0.2) is 47.0 Å². The van der Waals surface area contributed by atoms with Crippen molar-refractivity contribution in [2.45, 2.75) is 13.0 Å². The van der Waals surface area contributed by atoms with Crippen LogP contribution in [0.25, 0.3) is 10.9 Å². The van der Waals surface area contributed by atoms with E-state index in [2.05, 4.69) is 64.7 Å². The molecule has 0 aliphatic carbocycles. The van der Waals surface area contributed by atoms with Gasteiger partial charge in [0.15, 0.2) is 0 Å². The molecule has 0 bridgehead atoms. The Morgan fingerprint density at radius 2 is 1.76 bits per heavy atom. The van der Waals surface area contributed by atoms with Crippen molar-refractivity contribution in [3.05, 3.63) is 71.4 Å². The maximum atomic E-state index is 13.4. The molecule has 0 N–H and O–H groups in total. The molecule has 0 spiro atoms. The van der Waals surface area contributed by atoms with E-state index in [4.69, 9.17) is 0 Å². The van der Waals surface area contributed by atoms with Crippen molar-refractivity contribution in [3.63, 3.8) is 0 Å². The van der Waals surface area contributed by atoms with Crippen LogP contribution in [0.2, 0.25) is 0 Å². The molecule has 3 atom stereocenters. The van der Waals surface area contributed by atoms with Gasteiger partial charge in [-0.25, -0.2) is 0 Å². The first-order valence-electron chi connectivity index (χ1n) is 10.1. The lowest BCUT2D eigenvalue weighted by Gasteiger charge is -2.28. The molecule has 5 heteroatoms. The van der Waals surface area contributed by atoms with Gasteiger partial charge in [-0.3, -0.25) is 9.69 Å². The Balaban J connectivity index is 0.00000205. The van der Waals surface area contributed by atoms with Crippen LogP contribution in [0, 0.1) is 18.8 Å². The second-order valence-corrected chi connectivity index (χ2v) is 8.54. The molecular weight excluding hydrogens is 382 g/mol. The molecule has 3 aromatic rings. The van der Waals surface area contributed by atoms with Crippen molar-refractivity contribution in [3.8, 4) is 0 Å². The lowest BCUT2D eigenvalue weighted by atomic mass is 9.88. The SMILES string of the molecule is Cc1ccccc1[C@H]1[C@@H]2CN(C(=O)c3cccc4c3ccn4C)C[C@@H]2CN1C.Cl. The van der Waals surface area contributed by atoms with E-state index in [9.17, 15) is 4.79 Å². The summed E-state index contributed by atoms with van der Waals surface area (Å²) in [6.07, 6.45) is 2.03. The standard InChI is InChI=1S/C24H27N3O.ClH/c1-16-7-4-5-8-18(16)23-21-15-27(14-17(21)13-26(23)3)24(28)20-9-6-10-22-19(20)11-12-25(22)2;/h4-12,17,21,23H,13-15H2,1-3H3;1H/t17-,21+,23-;/m0./s1. The largest absolute Gasteiger partial charge is 0.351 e. The summed E-state index contributed by atoms with van der Waals surface area (Å²) in [5.74, 6) is 1.23. The molecule has 5 rings (SSSR count). The third-order valence-electron chi connectivity index (χ3n) is 6.85. The Labute approximate surface area is 178 Å². The number of nitrogens with zero attached hydrogens (tertiary/aromatic N) is 3. The van der Waals surface area contributed by atoms with Crippen LogP contribution >= 0.6 is 12.4 Å². The first-order valence-corrected chi connectivity index (χ1v) is 10.1. The highest BCUT2D eigenvalue weighted by molar-refractivity contribution is 6.06. The lowest BCUT2D eigenvalue weighted by Crippen LogP contribution is -2.33. The molecule has 0 radical (unpaired) electrons. The molecule has 1 amide bonds. The van der Waals surface area contributed by atoms with Crippen LogP contribution in [0.1, 0.15) is 27.5 Å². The van der Waals surface area contributed by atoms with Crippen molar-refractivity contribution in [1.82, 2.24) is 14.4 Å². The summed E-state index contributed by atoms with van der Waals surface area (Å²) in [4.78, 5) is 18.0. The fraction of sp³-hybridized carbons (Fsp3) is 0.375. The topological polar surface area (TPSA) is 28.5 Å². The maximum absolute atomic E-state index is 13.4. The van der Waals surface area contributed by atoms with Gasteiger partial charge in [-0.2, -0.15) is 0 Å². The van der Waals surface area contributed by atoms with Gasteiger partial charge in [-0.05, 0) is 49.2 Å². The molecule has 29 heavy (non-hydrogen) atoms. The third-order valence-corrected chi connectivity index (χ3v) is 6.85. The Morgan fingerprint density at radius 3 is 2.55 bits per heavy atom. The highest BCUT2D eigenvalue weighted by atomic mass is 35.5. The quantitative estimate of drug-likeness (QED) is 0.631. The number of carbonyl (C=O) groups excluding carboxylic acids is 1. The minimum Gasteiger partial charge on any atom is -0.351 e. The van der Waals surface area contributed by atoms with Crippen LogP contribution in [0.15, 0.2) is 54.7 Å². The number of fused-ring (bicyclic) bond motifs is 2. The summed E-state index contributed by atoms with van der Waals surface area (Å²) in [6.45, 7) is 4.96. The molecule has 2 aliphatic heterocycles. The van der Waals surface area contributed by atoms with E-state index >= 15 is 0 Å². The van der Waals surface area contributed by atoms with E-state index in [1.54, 1.807) is 0 Å². The summed E-state index contributed by atoms with van der Waals surface area (Å²) in [6, 6.07) is 17.2. The Hall–Kier alpha value is -2.30. The van der Waals surface area contributed by atoms with Gasteiger partial charge in [-0.1, -0.05) is 30.3 Å². The van der Waals surface area contributed by atoms with E-state index in [0.717, 1.165) is 36.1 Å². The first-order chi connectivity index (χ1) is 13.5. The number of carbonyl (C=O) groups is 1. The molecule has 2 aromatic carbocycles. The number of hydrogen-bond donors (Lipinski definition) is 0. The summed E-state index contributed by atoms with van der Waals surface area (Å²) in [5, 5.41) is 1.06. The van der Waals surface area contributed by atoms with E-state index in [1.165, 1.54) is 11.1 Å². The van der Waals surface area contributed by atoms with Gasteiger partial charge in [0, 0.05) is 61.3 Å². The second-order valence-electron chi connectivity index (χ2n) is 8.54. The first kappa shape index (κ1) is 20.0. The van der Waals surface area contributed by atoms with Gasteiger partial charge in [0.05, 0.1) is 0 Å². The summed E-state index contributed by atoms with van der Waals surface area (Å²) >= 11 is 0. The zero-order valence-corrected chi connectivity index (χ0v) is 18.0. The van der Waals surface area contributed by atoms with Crippen LogP contribution in [0.4, 0.5) is 0 Å². The Kier molecular flexibility index (Phi) is 5.18. The number of amides is 1. The van der Waals surface area contributed by atoms with Gasteiger partial charge in [0.1, 0.15) is 0 Å². The zero-order valence-electron chi connectivity index (χ0n) is 17.2. The van der Waals surface area contributed by atoms with Gasteiger partial charge < -0.3 is 9.47 Å². The summed E-state index contributed by atoms with van der Waals surface area (Å²) in [5.41, 5.74) is 4.71. The number of likely N-dealkylation sites (tertiary alicyclic amines) is 2. The number of aryl methyl sites for hydroxylation is 2. The van der Waals surface area contributed by atoms with Crippen molar-refractivity contribution < 1.29 is 4.79 Å². The normalized spacial score (nSPS) is 24.0. The molecule has 2 fully saturated rings. The van der Waals surface area contributed by atoms with Crippen molar-refractivity contribution >= 4 is 29.2 Å². The predicted molar refractivity (Wildman–Crippen MR) is 120 cm³/mol. The highest BCUT2D eigenvalue weighted by Gasteiger charge is 2.47. The fourth-order valence-corrected chi connectivity index (χ4v) is 5.47. The van der Waals surface area contributed by atoms with Gasteiger partial charge in [0.2, 0.25) is 0 Å². The van der Waals surface area contributed by atoms with Gasteiger partial charge in [-0.15, -0.1) is 12.4 Å². The van der Waals surface area contributed by atoms with Crippen molar-refractivity contribution in [2.75, 3.05) is 26.7 Å². The maximum Gasteiger partial charge on any atom is 0.254 e. The smallest absolute Gasteiger partial charge is 0.254 e. The number of halogens is 1. The van der Waals surface area contributed by atoms with Gasteiger partial charge >= 0.3 is 0 Å². The molecule has 152 valence electrons. The number of benzene rings is 2. The lowest BCUT2D eigenvalue weighted by molar-refractivity contribution is 0.0770. The second kappa shape index (κ2) is 7.51. The molecule has 0 saturated carbocycles. The minimum absolute atomic E-state index is 0. The highest BCUT2D eigenvalue weighted by Crippen LogP contribution is 2.45. The van der Waals surface area contributed by atoms with E-state index in [0.29, 0.717) is 17.9 Å². The molecule has 4 nitrogen and oxygen atoms in total. The Morgan fingerprint density at radius 1 is 0.966 bits per heavy atom. The monoisotopic (exact) mass is 409 g/mol. The molecule has 2 aliphatic rings. The van der Waals surface area contributed by atoms with E-state index in [-0.39, 0.29) is 18.3 Å². The third kappa shape index (κ3) is 3.15. The molecule has 2 saturated heterocycles. The molecule has 1 aromatic heterocycles. The van der Waals surface area contributed by atoms with E-state index in [1.807, 2.05) is 25.4 Å². The molecular formula is C24H28ClN3O. The van der Waals surface area contributed by atoms with Gasteiger partial charge in [0.25, 0.3) is 5.91 Å². The van der Waals surface area contributed by atoms with Crippen LogP contribution in [-0.2, 0) is 7.05 Å². The number of hydrogen-bond acceptors (Lipinski definition) is 2. The molecule has 3 heterocycles. The average Bonchev–Trinajstić information content (AvgIpc) is 3.35. The van der Waals surface area contributed by atoms with Crippen molar-refractivity contribution in [1.29, 1.82) is 0 Å². The van der Waals surface area contributed by atoms with Crippen molar-refractivity contribution in [2.24, 2.45) is 18.9 Å². The molecule has 0 unspecified atom stereocenters. The zero-order chi connectivity index (χ0) is 19.4. The number of rotatable bonds is 2. The number of aromatic nitrogens is 1. The van der Waals surface area contributed by atoms with Crippen LogP contribution in [0.3, 0.4) is 0 Å². The van der Waals surface area contributed by atoms with Crippen LogP contribution < -0.4 is 0 Å². The van der Waals surface area contributed by atoms with Crippen LogP contribution in [0.5, 0.6) is 0 Å². The summed E-state index contributed by atoms with van der Waals surface area (Å²) in [7, 11) is 4.26. The van der Waals surface area contributed by atoms with E-state index < -0.39 is 0 Å². The predicted octanol–water partition coefficient (Wildman–Crippen LogP) is 4.28. The Bertz CT molecular complexity index is 1060. The summed E-state index contributed by atoms with van der Waals surface area (Å²) < 4.78 is 2.08. The average molecular weight is 410 g/mol. The minimum atomic E-state index is 0. The fourth-order valence-electron chi connectivity index (χ4n) is 5.47.